The molecule has 0 aliphatic carbocycles. The van der Waals surface area contributed by atoms with E-state index in [1.165, 1.54) is 24.3 Å². The Balaban J connectivity index is 0.00000289. The monoisotopic (exact) mass is 394 g/mol. The number of carbonyl (C=O) groups excluding carboxylic acids is 1. The highest BCUT2D eigenvalue weighted by atomic mass is 79.9. The van der Waals surface area contributed by atoms with E-state index < -0.39 is 0 Å². The average molecular weight is 396 g/mol. The van der Waals surface area contributed by atoms with E-state index in [2.05, 4.69) is 29.8 Å². The molecule has 0 N–H and O–H groups in total. The maximum Gasteiger partial charge on any atom is 0.211 e. The van der Waals surface area contributed by atoms with Gasteiger partial charge < -0.3 is 17.0 Å². The lowest BCUT2D eigenvalue weighted by molar-refractivity contribution is -0.0000114. The molecular weight excluding hydrogens is 376 g/mol. The predicted octanol–water partition coefficient (Wildman–Crippen LogP) is 1.07. The Kier molecular flexibility index (Phi) is 10.2. The molecule has 1 aromatic rings. The zero-order valence-electron chi connectivity index (χ0n) is 10.9. The van der Waals surface area contributed by atoms with Crippen LogP contribution in [0.15, 0.2) is 28.7 Å². The van der Waals surface area contributed by atoms with Gasteiger partial charge in [-0.25, -0.2) is 0 Å². The number of ketones is 1. The topological polar surface area (TPSA) is 17.1 Å². The Morgan fingerprint density at radius 1 is 1.11 bits per heavy atom. The second-order valence-electron chi connectivity index (χ2n) is 4.10. The molecule has 0 atom stereocenters. The van der Waals surface area contributed by atoms with Crippen LogP contribution < -0.4 is 17.0 Å². The van der Waals surface area contributed by atoms with Gasteiger partial charge in [0.05, 0.1) is 0 Å². The van der Waals surface area contributed by atoms with Gasteiger partial charge in [0.1, 0.15) is 11.5 Å². The smallest absolute Gasteiger partial charge is 0.211 e. The van der Waals surface area contributed by atoms with Gasteiger partial charge in [-0.1, -0.05) is 41.9 Å². The van der Waals surface area contributed by atoms with Gasteiger partial charge in [0.25, 0.3) is 0 Å². The zero-order valence-corrected chi connectivity index (χ0v) is 14.9. The van der Waals surface area contributed by atoms with Crippen molar-refractivity contribution in [2.24, 2.45) is 0 Å². The Bertz CT molecular complexity index is 345. The third-order valence-corrected chi connectivity index (χ3v) is 5.66. The molecule has 1 rings (SSSR count). The molecule has 0 bridgehead atoms. The third-order valence-electron chi connectivity index (χ3n) is 2.49. The van der Waals surface area contributed by atoms with Gasteiger partial charge in [-0.2, -0.15) is 0 Å². The number of hydrogen-bond donors (Lipinski definition) is 0. The van der Waals surface area contributed by atoms with Crippen molar-refractivity contribution in [2.45, 2.75) is 26.7 Å². The lowest BCUT2D eigenvalue weighted by Crippen LogP contribution is -3.00. The van der Waals surface area contributed by atoms with E-state index >= 15 is 0 Å². The molecule has 1 aromatic carbocycles. The summed E-state index contributed by atoms with van der Waals surface area (Å²) in [5.74, 6) is 3.40. The van der Waals surface area contributed by atoms with Crippen LogP contribution in [-0.4, -0.2) is 23.0 Å². The Labute approximate surface area is 132 Å². The van der Waals surface area contributed by atoms with E-state index in [1.54, 1.807) is 0 Å². The average Bonchev–Trinajstić information content (AvgIpc) is 2.30. The fourth-order valence-electron chi connectivity index (χ4n) is 1.73. The van der Waals surface area contributed by atoms with Crippen LogP contribution in [0.25, 0.3) is 0 Å². The van der Waals surface area contributed by atoms with Gasteiger partial charge in [-0.05, 0) is 35.9 Å². The van der Waals surface area contributed by atoms with E-state index in [0.717, 1.165) is 15.8 Å². The molecule has 0 heterocycles. The van der Waals surface area contributed by atoms with Gasteiger partial charge in [-0.3, -0.25) is 4.79 Å². The first-order valence-corrected chi connectivity index (χ1v) is 8.62. The van der Waals surface area contributed by atoms with Crippen molar-refractivity contribution in [3.8, 4) is 0 Å². The van der Waals surface area contributed by atoms with Gasteiger partial charge in [0.2, 0.25) is 5.78 Å². The Morgan fingerprint density at radius 2 is 1.61 bits per heavy atom. The van der Waals surface area contributed by atoms with Crippen LogP contribution in [0.4, 0.5) is 0 Å². The third kappa shape index (κ3) is 6.39. The standard InChI is InChI=1S/C14H20BrOS.BrH/c1-3-9-17(10-4-2)11-14(16)12-5-7-13(15)8-6-12;/h5-8H,3-4,9-11H2,1-2H3;1H/q+1;/p-1. The van der Waals surface area contributed by atoms with Crippen molar-refractivity contribution >= 4 is 32.6 Å². The largest absolute Gasteiger partial charge is 1.00 e. The Morgan fingerprint density at radius 3 is 2.06 bits per heavy atom. The number of rotatable bonds is 7. The first kappa shape index (κ1) is 18.2. The highest BCUT2D eigenvalue weighted by molar-refractivity contribution is 9.10. The number of carbonyl (C=O) groups is 1. The van der Waals surface area contributed by atoms with E-state index in [1.807, 2.05) is 24.3 Å². The van der Waals surface area contributed by atoms with Crippen LogP contribution >= 0.6 is 15.9 Å². The lowest BCUT2D eigenvalue weighted by atomic mass is 10.2. The summed E-state index contributed by atoms with van der Waals surface area (Å²) >= 11 is 3.39. The van der Waals surface area contributed by atoms with E-state index in [9.17, 15) is 4.79 Å². The van der Waals surface area contributed by atoms with E-state index in [0.29, 0.717) is 5.78 Å². The molecular formula is C14H20Br2OS. The van der Waals surface area contributed by atoms with Crippen LogP contribution in [0.2, 0.25) is 0 Å². The summed E-state index contributed by atoms with van der Waals surface area (Å²) in [5, 5.41) is 0. The van der Waals surface area contributed by atoms with E-state index in [4.69, 9.17) is 0 Å². The predicted molar refractivity (Wildman–Crippen MR) is 81.0 cm³/mol. The minimum atomic E-state index is 0. The van der Waals surface area contributed by atoms with E-state index in [-0.39, 0.29) is 27.9 Å². The number of hydrogen-bond acceptors (Lipinski definition) is 1. The highest BCUT2D eigenvalue weighted by Crippen LogP contribution is 2.13. The fraction of sp³-hybridized carbons (Fsp3) is 0.500. The van der Waals surface area contributed by atoms with Crippen LogP contribution in [0.5, 0.6) is 0 Å². The first-order chi connectivity index (χ1) is 8.17. The molecule has 0 aliphatic rings. The molecule has 0 saturated heterocycles. The molecule has 0 aliphatic heterocycles. The summed E-state index contributed by atoms with van der Waals surface area (Å²) in [4.78, 5) is 12.1. The van der Waals surface area contributed by atoms with Crippen molar-refractivity contribution < 1.29 is 21.8 Å². The molecule has 0 unspecified atom stereocenters. The van der Waals surface area contributed by atoms with Gasteiger partial charge in [-0.15, -0.1) is 0 Å². The highest BCUT2D eigenvalue weighted by Gasteiger charge is 2.21. The Hall–Kier alpha value is 0.200. The maximum absolute atomic E-state index is 12.1. The lowest BCUT2D eigenvalue weighted by Gasteiger charge is -2.06. The summed E-state index contributed by atoms with van der Waals surface area (Å²) in [6.45, 7) is 4.39. The summed E-state index contributed by atoms with van der Waals surface area (Å²) in [6, 6.07) is 7.69. The molecule has 1 nitrogen and oxygen atoms in total. The van der Waals surface area contributed by atoms with Crippen molar-refractivity contribution in [3.63, 3.8) is 0 Å². The second-order valence-corrected chi connectivity index (χ2v) is 7.34. The summed E-state index contributed by atoms with van der Waals surface area (Å²) < 4.78 is 1.02. The van der Waals surface area contributed by atoms with Crippen molar-refractivity contribution in [1.82, 2.24) is 0 Å². The molecule has 18 heavy (non-hydrogen) atoms. The molecule has 102 valence electrons. The van der Waals surface area contributed by atoms with Crippen LogP contribution in [-0.2, 0) is 10.9 Å². The van der Waals surface area contributed by atoms with Gasteiger partial charge >= 0.3 is 0 Å². The second kappa shape index (κ2) is 10.0. The molecule has 0 spiro atoms. The van der Waals surface area contributed by atoms with Crippen LogP contribution in [0.3, 0.4) is 0 Å². The summed E-state index contributed by atoms with van der Waals surface area (Å²) in [5.41, 5.74) is 0.845. The maximum atomic E-state index is 12.1. The summed E-state index contributed by atoms with van der Waals surface area (Å²) in [6.07, 6.45) is 2.35. The molecule has 0 aromatic heterocycles. The van der Waals surface area contributed by atoms with Crippen molar-refractivity contribution in [2.75, 3.05) is 17.3 Å². The SMILES string of the molecule is CCC[S+](CCC)CC(=O)c1ccc(Br)cc1.[Br-]. The molecule has 0 amide bonds. The molecule has 0 saturated carbocycles. The number of Topliss-reactive ketones (excluding diaryl/α,β-unsaturated/α-hetero) is 1. The summed E-state index contributed by atoms with van der Waals surface area (Å²) in [7, 11) is 0.278. The normalized spacial score (nSPS) is 10.2. The molecule has 0 radical (unpaired) electrons. The number of halogens is 2. The molecule has 0 fully saturated rings. The minimum Gasteiger partial charge on any atom is -1.00 e. The fourth-order valence-corrected chi connectivity index (χ4v) is 4.18. The minimum absolute atomic E-state index is 0. The van der Waals surface area contributed by atoms with Crippen molar-refractivity contribution in [3.05, 3.63) is 34.3 Å². The quantitative estimate of drug-likeness (QED) is 0.498. The van der Waals surface area contributed by atoms with Crippen molar-refractivity contribution in [1.29, 1.82) is 0 Å². The van der Waals surface area contributed by atoms with Gasteiger partial charge in [0.15, 0.2) is 5.75 Å². The molecule has 4 heteroatoms. The van der Waals surface area contributed by atoms with Gasteiger partial charge in [0, 0.05) is 10.0 Å². The van der Waals surface area contributed by atoms with Crippen LogP contribution in [0.1, 0.15) is 37.0 Å². The zero-order chi connectivity index (χ0) is 12.7. The van der Waals surface area contributed by atoms with Crippen LogP contribution in [0, 0.1) is 0 Å². The first-order valence-electron chi connectivity index (χ1n) is 6.10. The number of benzene rings is 1.